The molecular weight excluding hydrogens is 280 g/mol. The fraction of sp³-hybridized carbons (Fsp3) is 0.625. The van der Waals surface area contributed by atoms with Crippen LogP contribution < -0.4 is 11.6 Å². The number of rotatable bonds is 8. The van der Waals surface area contributed by atoms with Crippen LogP contribution in [0.2, 0.25) is 0 Å². The minimum atomic E-state index is -0.287. The largest absolute Gasteiger partial charge is 0.416 e. The summed E-state index contributed by atoms with van der Waals surface area (Å²) in [5, 5.41) is 0. The quantitative estimate of drug-likeness (QED) is 0.569. The predicted molar refractivity (Wildman–Crippen MR) is 84.1 cm³/mol. The summed E-state index contributed by atoms with van der Waals surface area (Å²) in [7, 11) is 0. The number of carbonyl (C=O) groups is 1. The highest BCUT2D eigenvalue weighted by molar-refractivity contribution is 5.73. The Labute approximate surface area is 131 Å². The minimum Gasteiger partial charge on any atom is -0.416 e. The first-order valence-corrected chi connectivity index (χ1v) is 8.03. The van der Waals surface area contributed by atoms with Crippen molar-refractivity contribution in [2.45, 2.75) is 57.9 Å². The Kier molecular flexibility index (Phi) is 6.45. The summed E-state index contributed by atoms with van der Waals surface area (Å²) >= 11 is 0. The molecule has 1 fully saturated rings. The van der Waals surface area contributed by atoms with Crippen LogP contribution in [0, 0.1) is 5.92 Å². The summed E-state index contributed by atoms with van der Waals surface area (Å²) in [6.07, 6.45) is 13.3. The first-order valence-electron chi connectivity index (χ1n) is 8.03. The van der Waals surface area contributed by atoms with Crippen molar-refractivity contribution in [3.63, 3.8) is 0 Å². The summed E-state index contributed by atoms with van der Waals surface area (Å²) in [4.78, 5) is 20.2. The summed E-state index contributed by atoms with van der Waals surface area (Å²) in [5.41, 5.74) is 6.45. The molecule has 122 valence electrons. The lowest BCUT2D eigenvalue weighted by atomic mass is 9.82. The zero-order chi connectivity index (χ0) is 15.8. The van der Waals surface area contributed by atoms with E-state index in [0.717, 1.165) is 12.3 Å². The zero-order valence-electron chi connectivity index (χ0n) is 13.0. The molecule has 6 nitrogen and oxygen atoms in total. The molecule has 1 aliphatic rings. The second kappa shape index (κ2) is 8.58. The van der Waals surface area contributed by atoms with E-state index < -0.39 is 0 Å². The Morgan fingerprint density at radius 3 is 2.64 bits per heavy atom. The third-order valence-corrected chi connectivity index (χ3v) is 4.34. The van der Waals surface area contributed by atoms with Gasteiger partial charge in [0.2, 0.25) is 5.91 Å². The fourth-order valence-electron chi connectivity index (χ4n) is 3.19. The van der Waals surface area contributed by atoms with Gasteiger partial charge in [0.05, 0.1) is 6.33 Å². The van der Waals surface area contributed by atoms with E-state index in [-0.39, 0.29) is 5.91 Å². The van der Waals surface area contributed by atoms with E-state index in [9.17, 15) is 4.79 Å². The third-order valence-electron chi connectivity index (χ3n) is 4.34. The van der Waals surface area contributed by atoms with Gasteiger partial charge in [0.1, 0.15) is 5.76 Å². The standard InChI is InChI=1S/C16H26N4O2/c17-16(21)8-4-7-15(22-18)14(11-20-10-9-19-12-20)13-5-2-1-3-6-13/h9-10,12-13H,1-8,11,18H2,(H2,17,21)/b15-14+. The summed E-state index contributed by atoms with van der Waals surface area (Å²) in [6, 6.07) is 0. The first kappa shape index (κ1) is 16.5. The molecule has 1 heterocycles. The molecule has 1 saturated carbocycles. The number of imidazole rings is 1. The van der Waals surface area contributed by atoms with Crippen molar-refractivity contribution < 1.29 is 9.63 Å². The third kappa shape index (κ3) is 4.87. The van der Waals surface area contributed by atoms with Gasteiger partial charge in [-0.1, -0.05) is 19.3 Å². The van der Waals surface area contributed by atoms with Crippen molar-refractivity contribution >= 4 is 5.91 Å². The number of carbonyl (C=O) groups excluding carboxylic acids is 1. The number of aromatic nitrogens is 2. The van der Waals surface area contributed by atoms with Gasteiger partial charge in [-0.25, -0.2) is 4.98 Å². The van der Waals surface area contributed by atoms with E-state index in [0.29, 0.717) is 25.2 Å². The lowest BCUT2D eigenvalue weighted by Crippen LogP contribution is -2.18. The molecule has 6 heteroatoms. The topological polar surface area (TPSA) is 96.2 Å². The maximum atomic E-state index is 10.9. The van der Waals surface area contributed by atoms with Crippen LogP contribution in [0.4, 0.5) is 0 Å². The molecule has 2 rings (SSSR count). The van der Waals surface area contributed by atoms with Crippen LogP contribution in [0.15, 0.2) is 30.1 Å². The van der Waals surface area contributed by atoms with E-state index in [1.165, 1.54) is 37.7 Å². The Balaban J connectivity index is 2.14. The van der Waals surface area contributed by atoms with Gasteiger partial charge < -0.3 is 15.1 Å². The molecule has 22 heavy (non-hydrogen) atoms. The second-order valence-electron chi connectivity index (χ2n) is 5.96. The molecule has 0 atom stereocenters. The molecule has 0 unspecified atom stereocenters. The van der Waals surface area contributed by atoms with E-state index in [1.807, 2.05) is 10.8 Å². The molecule has 0 bridgehead atoms. The number of nitrogens with zero attached hydrogens (tertiary/aromatic N) is 2. The Hall–Kier alpha value is -1.82. The van der Waals surface area contributed by atoms with Crippen LogP contribution >= 0.6 is 0 Å². The van der Waals surface area contributed by atoms with Crippen LogP contribution in [-0.2, 0) is 16.2 Å². The van der Waals surface area contributed by atoms with Crippen molar-refractivity contribution in [3.8, 4) is 0 Å². The maximum Gasteiger partial charge on any atom is 0.217 e. The van der Waals surface area contributed by atoms with Gasteiger partial charge in [-0.3, -0.25) is 4.79 Å². The average Bonchev–Trinajstić information content (AvgIpc) is 3.03. The first-order chi connectivity index (χ1) is 10.7. The normalized spacial score (nSPS) is 17.1. The molecule has 0 aliphatic heterocycles. The number of hydrogen-bond donors (Lipinski definition) is 2. The van der Waals surface area contributed by atoms with Crippen LogP contribution in [0.3, 0.4) is 0 Å². The van der Waals surface area contributed by atoms with Crippen molar-refractivity contribution in [2.75, 3.05) is 0 Å². The molecule has 4 N–H and O–H groups in total. The van der Waals surface area contributed by atoms with Crippen LogP contribution in [-0.4, -0.2) is 15.5 Å². The molecule has 1 amide bonds. The summed E-state index contributed by atoms with van der Waals surface area (Å²) < 4.78 is 2.04. The van der Waals surface area contributed by atoms with E-state index >= 15 is 0 Å². The van der Waals surface area contributed by atoms with Gasteiger partial charge >= 0.3 is 0 Å². The SMILES string of the molecule is NO/C(CCCC(N)=O)=C(\Cn1ccnc1)C1CCCCC1. The van der Waals surface area contributed by atoms with Crippen molar-refractivity contribution in [1.82, 2.24) is 9.55 Å². The van der Waals surface area contributed by atoms with Crippen LogP contribution in [0.25, 0.3) is 0 Å². The van der Waals surface area contributed by atoms with Gasteiger partial charge in [-0.05, 0) is 30.8 Å². The smallest absolute Gasteiger partial charge is 0.217 e. The van der Waals surface area contributed by atoms with E-state index in [4.69, 9.17) is 16.5 Å². The fourth-order valence-corrected chi connectivity index (χ4v) is 3.19. The highest BCUT2D eigenvalue weighted by atomic mass is 16.6. The zero-order valence-corrected chi connectivity index (χ0v) is 13.0. The number of amides is 1. The maximum absolute atomic E-state index is 10.9. The predicted octanol–water partition coefficient (Wildman–Crippen LogP) is 2.26. The Morgan fingerprint density at radius 1 is 1.27 bits per heavy atom. The molecule has 1 aliphatic carbocycles. The van der Waals surface area contributed by atoms with E-state index in [2.05, 4.69) is 4.98 Å². The molecule has 0 aromatic carbocycles. The number of allylic oxidation sites excluding steroid dienone is 2. The highest BCUT2D eigenvalue weighted by Gasteiger charge is 2.22. The van der Waals surface area contributed by atoms with Gasteiger partial charge in [0.25, 0.3) is 0 Å². The molecule has 0 saturated heterocycles. The molecule has 0 spiro atoms. The summed E-state index contributed by atoms with van der Waals surface area (Å²) in [5.74, 6) is 6.55. The number of nitrogens with two attached hydrogens (primary N) is 2. The summed E-state index contributed by atoms with van der Waals surface area (Å²) in [6.45, 7) is 0.744. The highest BCUT2D eigenvalue weighted by Crippen LogP contribution is 2.33. The van der Waals surface area contributed by atoms with Gasteiger partial charge in [0.15, 0.2) is 0 Å². The number of primary amides is 1. The molecular formula is C16H26N4O2. The van der Waals surface area contributed by atoms with Gasteiger partial charge in [-0.15, -0.1) is 0 Å². The van der Waals surface area contributed by atoms with E-state index in [1.54, 1.807) is 12.5 Å². The average molecular weight is 306 g/mol. The van der Waals surface area contributed by atoms with Crippen LogP contribution in [0.1, 0.15) is 51.4 Å². The van der Waals surface area contributed by atoms with Crippen molar-refractivity contribution in [2.24, 2.45) is 17.5 Å². The van der Waals surface area contributed by atoms with Crippen molar-refractivity contribution in [3.05, 3.63) is 30.1 Å². The minimum absolute atomic E-state index is 0.287. The van der Waals surface area contributed by atoms with Gasteiger partial charge in [0, 0.05) is 31.8 Å². The Bertz CT molecular complexity index is 490. The van der Waals surface area contributed by atoms with Crippen molar-refractivity contribution in [1.29, 1.82) is 0 Å². The van der Waals surface area contributed by atoms with Crippen LogP contribution in [0.5, 0.6) is 0 Å². The lowest BCUT2D eigenvalue weighted by molar-refractivity contribution is -0.118. The number of hydrogen-bond acceptors (Lipinski definition) is 4. The molecule has 0 radical (unpaired) electrons. The second-order valence-corrected chi connectivity index (χ2v) is 5.96. The monoisotopic (exact) mass is 306 g/mol. The molecule has 1 aromatic heterocycles. The van der Waals surface area contributed by atoms with Gasteiger partial charge in [-0.2, -0.15) is 5.90 Å². The lowest BCUT2D eigenvalue weighted by Gasteiger charge is -2.26. The Morgan fingerprint density at radius 2 is 2.05 bits per heavy atom. The molecule has 1 aromatic rings.